The van der Waals surface area contributed by atoms with E-state index >= 15 is 0 Å². The fourth-order valence-electron chi connectivity index (χ4n) is 2.73. The largest absolute Gasteiger partial charge is 0.446 e. The van der Waals surface area contributed by atoms with Crippen molar-refractivity contribution in [3.63, 3.8) is 0 Å². The number of aromatic amines is 1. The van der Waals surface area contributed by atoms with Crippen molar-refractivity contribution in [2.75, 3.05) is 6.61 Å². The minimum atomic E-state index is -2.28. The van der Waals surface area contributed by atoms with Gasteiger partial charge in [0.05, 0.1) is 6.61 Å². The molecule has 5 atom stereocenters. The summed E-state index contributed by atoms with van der Waals surface area (Å²) in [5, 5.41) is 21.1. The number of terminal acetylenes is 1. The van der Waals surface area contributed by atoms with Crippen LogP contribution in [-0.2, 0) is 21.1 Å². The molecule has 9 nitrogen and oxygen atoms in total. The van der Waals surface area contributed by atoms with Crippen molar-refractivity contribution in [1.29, 1.82) is 0 Å². The van der Waals surface area contributed by atoms with Crippen LogP contribution >= 0.6 is 7.15 Å². The third-order valence-electron chi connectivity index (χ3n) is 4.20. The van der Waals surface area contributed by atoms with Crippen LogP contribution in [0.4, 0.5) is 4.39 Å². The molecule has 0 spiro atoms. The number of aliphatic hydroxyl groups excluding tert-OH is 1. The van der Waals surface area contributed by atoms with E-state index in [0.717, 1.165) is 16.8 Å². The predicted molar refractivity (Wildman–Crippen MR) is 104 cm³/mol. The number of aliphatic hydroxyl groups is 2. The maximum atomic E-state index is 12.9. The monoisotopic (exact) mass is 442 g/mol. The fourth-order valence-corrected chi connectivity index (χ4v) is 3.91. The molecule has 2 aromatic rings. The lowest BCUT2D eigenvalue weighted by Gasteiger charge is -2.26. The molecule has 12 heteroatoms. The molecule has 154 valence electrons. The number of halogens is 1. The average molecular weight is 442 g/mol. The molecule has 1 aliphatic heterocycles. The Morgan fingerprint density at radius 2 is 2.07 bits per heavy atom. The highest BCUT2D eigenvalue weighted by Gasteiger charge is 2.56. The van der Waals surface area contributed by atoms with Gasteiger partial charge in [-0.05, 0) is 36.1 Å². The maximum Gasteiger partial charge on any atom is 0.330 e. The van der Waals surface area contributed by atoms with Crippen molar-refractivity contribution in [3.8, 4) is 18.1 Å². The smallest absolute Gasteiger partial charge is 0.330 e. The normalized spacial score (nSPS) is 27.3. The van der Waals surface area contributed by atoms with Crippen LogP contribution in [0.25, 0.3) is 0 Å². The molecule has 0 bridgehead atoms. The summed E-state index contributed by atoms with van der Waals surface area (Å²) in [6, 6.07) is 6.20. The van der Waals surface area contributed by atoms with Gasteiger partial charge in [0.1, 0.15) is 23.8 Å². The number of nitrogens with one attached hydrogen (secondary N) is 1. The molecule has 1 aliphatic rings. The zero-order valence-electron chi connectivity index (χ0n) is 14.6. The van der Waals surface area contributed by atoms with Crippen LogP contribution in [0.5, 0.6) is 5.75 Å². The minimum absolute atomic E-state index is 0.293. The van der Waals surface area contributed by atoms with E-state index < -0.39 is 48.3 Å². The zero-order valence-corrected chi connectivity index (χ0v) is 16.5. The molecule has 1 fully saturated rings. The van der Waals surface area contributed by atoms with Crippen molar-refractivity contribution in [1.82, 2.24) is 9.55 Å². The van der Waals surface area contributed by atoms with E-state index in [1.165, 1.54) is 24.3 Å². The summed E-state index contributed by atoms with van der Waals surface area (Å²) in [7, 11) is -2.28. The van der Waals surface area contributed by atoms with Gasteiger partial charge in [-0.25, -0.2) is 9.18 Å². The summed E-state index contributed by atoms with van der Waals surface area (Å²) in [4.78, 5) is 25.3. The van der Waals surface area contributed by atoms with Gasteiger partial charge in [0, 0.05) is 12.3 Å². The number of aromatic nitrogens is 2. The Bertz CT molecular complexity index is 1070. The SMILES string of the molecule is C#C[C@@]1(O)[C@H](O)[C@@H](CO[PH](=S)Oc2ccc(F)cc2)O[C@H]1n1ccc(=O)[nH]c1=O. The quantitative estimate of drug-likeness (QED) is 0.419. The molecule has 29 heavy (non-hydrogen) atoms. The third-order valence-corrected chi connectivity index (χ3v) is 5.61. The summed E-state index contributed by atoms with van der Waals surface area (Å²) in [5.41, 5.74) is -3.79. The van der Waals surface area contributed by atoms with Crippen LogP contribution in [0.2, 0.25) is 0 Å². The molecule has 1 aromatic heterocycles. The van der Waals surface area contributed by atoms with Gasteiger partial charge in [-0.15, -0.1) is 6.42 Å². The van der Waals surface area contributed by atoms with Crippen molar-refractivity contribution >= 4 is 19.0 Å². The molecule has 0 radical (unpaired) electrons. The van der Waals surface area contributed by atoms with Crippen molar-refractivity contribution in [3.05, 3.63) is 63.2 Å². The van der Waals surface area contributed by atoms with E-state index in [9.17, 15) is 24.2 Å². The predicted octanol–water partition coefficient (Wildman–Crippen LogP) is -0.100. The molecule has 1 saturated heterocycles. The summed E-state index contributed by atoms with van der Waals surface area (Å²) in [6.45, 7) is -0.293. The van der Waals surface area contributed by atoms with Crippen LogP contribution in [0, 0.1) is 18.2 Å². The Balaban J connectivity index is 1.71. The van der Waals surface area contributed by atoms with Crippen LogP contribution in [-0.4, -0.2) is 44.2 Å². The number of hydrogen-bond acceptors (Lipinski definition) is 8. The van der Waals surface area contributed by atoms with Gasteiger partial charge in [0.15, 0.2) is 11.8 Å². The molecule has 0 amide bonds. The van der Waals surface area contributed by atoms with Crippen molar-refractivity contribution in [2.45, 2.75) is 24.0 Å². The Morgan fingerprint density at radius 3 is 2.69 bits per heavy atom. The van der Waals surface area contributed by atoms with Crippen LogP contribution in [0.15, 0.2) is 46.1 Å². The number of rotatable bonds is 6. The first-order valence-corrected chi connectivity index (χ1v) is 10.6. The first kappa shape index (κ1) is 21.4. The number of benzene rings is 1. The van der Waals surface area contributed by atoms with Gasteiger partial charge in [-0.2, -0.15) is 0 Å². The zero-order chi connectivity index (χ0) is 21.2. The van der Waals surface area contributed by atoms with E-state index in [1.807, 2.05) is 10.9 Å². The van der Waals surface area contributed by atoms with E-state index in [0.29, 0.717) is 5.75 Å². The highest BCUT2D eigenvalue weighted by molar-refractivity contribution is 8.00. The van der Waals surface area contributed by atoms with Gasteiger partial charge in [0.25, 0.3) is 5.56 Å². The van der Waals surface area contributed by atoms with E-state index in [2.05, 4.69) is 0 Å². The summed E-state index contributed by atoms with van der Waals surface area (Å²) in [6.07, 6.45) is 2.22. The van der Waals surface area contributed by atoms with Gasteiger partial charge in [0.2, 0.25) is 7.15 Å². The van der Waals surface area contributed by atoms with Crippen LogP contribution in [0.1, 0.15) is 6.23 Å². The highest BCUT2D eigenvalue weighted by Crippen LogP contribution is 2.39. The number of H-pyrrole nitrogens is 1. The number of hydrogen-bond donors (Lipinski definition) is 3. The molecule has 2 heterocycles. The molecular weight excluding hydrogens is 426 g/mol. The topological polar surface area (TPSA) is 123 Å². The lowest BCUT2D eigenvalue weighted by atomic mass is 9.95. The van der Waals surface area contributed by atoms with Crippen LogP contribution in [0.3, 0.4) is 0 Å². The second kappa shape index (κ2) is 8.59. The van der Waals surface area contributed by atoms with Gasteiger partial charge in [-0.3, -0.25) is 14.3 Å². The molecule has 0 aliphatic carbocycles. The Kier molecular flexibility index (Phi) is 6.33. The Hall–Kier alpha value is -2.32. The highest BCUT2D eigenvalue weighted by atomic mass is 32.4. The van der Waals surface area contributed by atoms with Crippen LogP contribution < -0.4 is 15.8 Å². The molecular formula is C17H16FN2O7PS. The fraction of sp³-hybridized carbons (Fsp3) is 0.294. The van der Waals surface area contributed by atoms with Crippen molar-refractivity contribution < 1.29 is 28.4 Å². The lowest BCUT2D eigenvalue weighted by molar-refractivity contribution is -0.0752. The molecule has 3 rings (SSSR count). The van der Waals surface area contributed by atoms with Gasteiger partial charge < -0.3 is 24.0 Å². The summed E-state index contributed by atoms with van der Waals surface area (Å²) in [5.74, 6) is 1.90. The average Bonchev–Trinajstić information content (AvgIpc) is 2.93. The second-order valence-electron chi connectivity index (χ2n) is 6.08. The lowest BCUT2D eigenvalue weighted by Crippen LogP contribution is -2.48. The minimum Gasteiger partial charge on any atom is -0.446 e. The standard InChI is InChI=1S/C17H16FN2O7PS/c1-2-17(24)14(22)12(26-15(17)20-8-7-13(21)19-16(20)23)9-25-28(29)27-11-5-3-10(18)4-6-11/h1,3-8,12,14-15,22,24,28H,9H2,(H,19,21,23)/t12-,14-,15-,17-/m1/s1. The van der Waals surface area contributed by atoms with Gasteiger partial charge >= 0.3 is 5.69 Å². The van der Waals surface area contributed by atoms with Crippen molar-refractivity contribution in [2.24, 2.45) is 0 Å². The number of nitrogens with zero attached hydrogens (tertiary/aromatic N) is 1. The first-order chi connectivity index (χ1) is 13.7. The third kappa shape index (κ3) is 4.48. The molecule has 0 saturated carbocycles. The summed E-state index contributed by atoms with van der Waals surface area (Å²) < 4.78 is 30.1. The Morgan fingerprint density at radius 1 is 1.38 bits per heavy atom. The second-order valence-corrected chi connectivity index (χ2v) is 8.07. The van der Waals surface area contributed by atoms with E-state index in [1.54, 1.807) is 0 Å². The van der Waals surface area contributed by atoms with E-state index in [-0.39, 0.29) is 6.61 Å². The first-order valence-electron chi connectivity index (χ1n) is 8.20. The maximum absolute atomic E-state index is 12.9. The number of ether oxygens (including phenoxy) is 1. The van der Waals surface area contributed by atoms with Gasteiger partial charge in [-0.1, -0.05) is 5.92 Å². The summed E-state index contributed by atoms with van der Waals surface area (Å²) >= 11 is 5.10. The Labute approximate surface area is 169 Å². The molecule has 3 N–H and O–H groups in total. The molecule has 1 aromatic carbocycles. The molecule has 1 unspecified atom stereocenters. The van der Waals surface area contributed by atoms with E-state index in [4.69, 9.17) is 32.0 Å².